The molecule has 0 aromatic rings. The van der Waals surface area contributed by atoms with E-state index in [4.69, 9.17) is 0 Å². The summed E-state index contributed by atoms with van der Waals surface area (Å²) < 4.78 is 0. The zero-order chi connectivity index (χ0) is 11.4. The van der Waals surface area contributed by atoms with Gasteiger partial charge in [0.05, 0.1) is 0 Å². The van der Waals surface area contributed by atoms with Crippen LogP contribution >= 0.6 is 11.8 Å². The lowest BCUT2D eigenvalue weighted by molar-refractivity contribution is 0.337. The van der Waals surface area contributed by atoms with Gasteiger partial charge < -0.3 is 5.32 Å². The van der Waals surface area contributed by atoms with Crippen LogP contribution in [0.25, 0.3) is 0 Å². The predicted molar refractivity (Wildman–Crippen MR) is 74.1 cm³/mol. The minimum absolute atomic E-state index is 0.837. The van der Waals surface area contributed by atoms with E-state index < -0.39 is 0 Å². The van der Waals surface area contributed by atoms with Gasteiger partial charge in [-0.2, -0.15) is 11.8 Å². The first-order valence-corrected chi connectivity index (χ1v) is 8.39. The van der Waals surface area contributed by atoms with Gasteiger partial charge in [-0.3, -0.25) is 0 Å². The maximum absolute atomic E-state index is 3.92. The van der Waals surface area contributed by atoms with Gasteiger partial charge in [0.1, 0.15) is 0 Å². The van der Waals surface area contributed by atoms with Gasteiger partial charge in [-0.05, 0) is 57.1 Å². The first-order chi connectivity index (χ1) is 7.81. The molecule has 0 spiro atoms. The second kappa shape index (κ2) is 6.30. The fourth-order valence-corrected chi connectivity index (χ4v) is 4.14. The first kappa shape index (κ1) is 12.8. The Balaban J connectivity index is 1.67. The highest BCUT2D eigenvalue weighted by Crippen LogP contribution is 2.31. The summed E-state index contributed by atoms with van der Waals surface area (Å²) in [6, 6.07) is 1.68. The molecular formula is C14H27NS. The van der Waals surface area contributed by atoms with Gasteiger partial charge in [-0.25, -0.2) is 0 Å². The van der Waals surface area contributed by atoms with E-state index in [1.807, 2.05) is 0 Å². The van der Waals surface area contributed by atoms with Crippen molar-refractivity contribution in [3.05, 3.63) is 0 Å². The Morgan fingerprint density at radius 1 is 1.00 bits per heavy atom. The largest absolute Gasteiger partial charge is 0.311 e. The zero-order valence-corrected chi connectivity index (χ0v) is 11.7. The van der Waals surface area contributed by atoms with E-state index in [-0.39, 0.29) is 0 Å². The summed E-state index contributed by atoms with van der Waals surface area (Å²) in [4.78, 5) is 0. The van der Waals surface area contributed by atoms with Crippen molar-refractivity contribution in [2.75, 3.05) is 6.26 Å². The quantitative estimate of drug-likeness (QED) is 0.803. The van der Waals surface area contributed by atoms with Gasteiger partial charge in [0, 0.05) is 17.3 Å². The van der Waals surface area contributed by atoms with Gasteiger partial charge in [0.2, 0.25) is 0 Å². The fraction of sp³-hybridized carbons (Fsp3) is 1.00. The van der Waals surface area contributed by atoms with Crippen LogP contribution < -0.4 is 5.32 Å². The second-order valence-electron chi connectivity index (χ2n) is 5.66. The molecule has 2 saturated carbocycles. The first-order valence-electron chi connectivity index (χ1n) is 7.10. The van der Waals surface area contributed by atoms with Crippen molar-refractivity contribution in [2.45, 2.75) is 75.6 Å². The smallest absolute Gasteiger partial charge is 0.00723 e. The molecule has 2 rings (SSSR count). The number of nitrogens with one attached hydrogen (secondary N) is 1. The highest BCUT2D eigenvalue weighted by atomic mass is 32.2. The number of rotatable bonds is 4. The van der Waals surface area contributed by atoms with Crippen molar-refractivity contribution < 1.29 is 0 Å². The van der Waals surface area contributed by atoms with Crippen LogP contribution in [0.2, 0.25) is 0 Å². The Hall–Kier alpha value is 0.310. The molecule has 0 saturated heterocycles. The average molecular weight is 241 g/mol. The van der Waals surface area contributed by atoms with E-state index in [9.17, 15) is 0 Å². The van der Waals surface area contributed by atoms with Gasteiger partial charge in [-0.1, -0.05) is 13.3 Å². The van der Waals surface area contributed by atoms with Crippen LogP contribution in [-0.4, -0.2) is 23.6 Å². The zero-order valence-electron chi connectivity index (χ0n) is 10.9. The topological polar surface area (TPSA) is 12.0 Å². The monoisotopic (exact) mass is 241 g/mol. The summed E-state index contributed by atoms with van der Waals surface area (Å²) in [5.74, 6) is 1.01. The average Bonchev–Trinajstić information content (AvgIpc) is 2.78. The summed E-state index contributed by atoms with van der Waals surface area (Å²) in [5, 5.41) is 4.87. The van der Waals surface area contributed by atoms with Crippen molar-refractivity contribution >= 4 is 11.8 Å². The standard InChI is InChI=1S/C14H27NS/c1-3-11-4-5-13(10-11)15-12-6-8-14(16-2)9-7-12/h11-15H,3-10H2,1-2H3. The second-order valence-corrected chi connectivity index (χ2v) is 6.80. The molecule has 16 heavy (non-hydrogen) atoms. The lowest BCUT2D eigenvalue weighted by Crippen LogP contribution is -2.39. The van der Waals surface area contributed by atoms with E-state index in [1.54, 1.807) is 0 Å². The van der Waals surface area contributed by atoms with Gasteiger partial charge in [0.15, 0.2) is 0 Å². The molecule has 94 valence electrons. The molecule has 0 aromatic heterocycles. The molecular weight excluding hydrogens is 214 g/mol. The normalized spacial score (nSPS) is 40.1. The SMILES string of the molecule is CCC1CCC(NC2CCC(SC)CC2)C1. The highest BCUT2D eigenvalue weighted by molar-refractivity contribution is 7.99. The maximum Gasteiger partial charge on any atom is 0.00723 e. The van der Waals surface area contributed by atoms with Crippen molar-refractivity contribution in [1.29, 1.82) is 0 Å². The Morgan fingerprint density at radius 2 is 1.69 bits per heavy atom. The number of hydrogen-bond donors (Lipinski definition) is 1. The molecule has 2 unspecified atom stereocenters. The Labute approximate surface area is 105 Å². The molecule has 0 aliphatic heterocycles. The Kier molecular flexibility index (Phi) is 5.02. The molecule has 0 aromatic carbocycles. The van der Waals surface area contributed by atoms with Crippen LogP contribution in [0.3, 0.4) is 0 Å². The molecule has 0 bridgehead atoms. The lowest BCUT2D eigenvalue weighted by Gasteiger charge is -2.30. The third-order valence-electron chi connectivity index (χ3n) is 4.60. The minimum Gasteiger partial charge on any atom is -0.311 e. The molecule has 2 heteroatoms. The number of hydrogen-bond acceptors (Lipinski definition) is 2. The summed E-state index contributed by atoms with van der Waals surface area (Å²) in [6.45, 7) is 2.34. The van der Waals surface area contributed by atoms with Crippen LogP contribution in [0.1, 0.15) is 58.3 Å². The molecule has 2 atom stereocenters. The van der Waals surface area contributed by atoms with Gasteiger partial charge >= 0.3 is 0 Å². The summed E-state index contributed by atoms with van der Waals surface area (Å²) in [5.41, 5.74) is 0. The van der Waals surface area contributed by atoms with Crippen molar-refractivity contribution in [3.63, 3.8) is 0 Å². The van der Waals surface area contributed by atoms with Gasteiger partial charge in [0.25, 0.3) is 0 Å². The van der Waals surface area contributed by atoms with E-state index in [2.05, 4.69) is 30.3 Å². The van der Waals surface area contributed by atoms with Crippen LogP contribution in [0.15, 0.2) is 0 Å². The molecule has 0 heterocycles. The third kappa shape index (κ3) is 3.40. The lowest BCUT2D eigenvalue weighted by atomic mass is 9.94. The molecule has 1 nitrogen and oxygen atoms in total. The molecule has 2 aliphatic carbocycles. The van der Waals surface area contributed by atoms with Crippen molar-refractivity contribution in [3.8, 4) is 0 Å². The van der Waals surface area contributed by atoms with Crippen LogP contribution in [-0.2, 0) is 0 Å². The molecule has 2 fully saturated rings. The van der Waals surface area contributed by atoms with E-state index in [0.29, 0.717) is 0 Å². The van der Waals surface area contributed by atoms with Crippen molar-refractivity contribution in [1.82, 2.24) is 5.32 Å². The minimum atomic E-state index is 0.837. The summed E-state index contributed by atoms with van der Waals surface area (Å²) in [6.07, 6.45) is 13.7. The molecule has 0 amide bonds. The van der Waals surface area contributed by atoms with Crippen molar-refractivity contribution in [2.24, 2.45) is 5.92 Å². The van der Waals surface area contributed by atoms with Gasteiger partial charge in [-0.15, -0.1) is 0 Å². The third-order valence-corrected chi connectivity index (χ3v) is 5.74. The highest BCUT2D eigenvalue weighted by Gasteiger charge is 2.27. The Morgan fingerprint density at radius 3 is 2.25 bits per heavy atom. The summed E-state index contributed by atoms with van der Waals surface area (Å²) in [7, 11) is 0. The summed E-state index contributed by atoms with van der Waals surface area (Å²) >= 11 is 2.07. The molecule has 0 radical (unpaired) electrons. The van der Waals surface area contributed by atoms with Crippen LogP contribution in [0.4, 0.5) is 0 Å². The maximum atomic E-state index is 3.92. The Bertz CT molecular complexity index is 199. The van der Waals surface area contributed by atoms with E-state index in [1.165, 1.54) is 51.4 Å². The predicted octanol–water partition coefficient (Wildman–Crippen LogP) is 3.83. The van der Waals surface area contributed by atoms with Crippen LogP contribution in [0.5, 0.6) is 0 Å². The molecule has 2 aliphatic rings. The number of thioether (sulfide) groups is 1. The molecule has 1 N–H and O–H groups in total. The van der Waals surface area contributed by atoms with E-state index in [0.717, 1.165) is 23.3 Å². The fourth-order valence-electron chi connectivity index (χ4n) is 3.40. The van der Waals surface area contributed by atoms with E-state index >= 15 is 0 Å². The van der Waals surface area contributed by atoms with Crippen LogP contribution in [0, 0.1) is 5.92 Å².